The molecule has 1 rings (SSSR count). The molecule has 0 aliphatic heterocycles. The molecule has 0 radical (unpaired) electrons. The number of rotatable bonds is 6. The van der Waals surface area contributed by atoms with Crippen LogP contribution in [0.3, 0.4) is 0 Å². The minimum atomic E-state index is -0.625. The van der Waals surface area contributed by atoms with Gasteiger partial charge in [-0.05, 0) is 19.2 Å². The topological polar surface area (TPSA) is 90.7 Å². The van der Waals surface area contributed by atoms with Crippen LogP contribution in [0.1, 0.15) is 10.4 Å². The summed E-state index contributed by atoms with van der Waals surface area (Å²) in [4.78, 5) is 21.5. The van der Waals surface area contributed by atoms with Crippen LogP contribution in [0.5, 0.6) is 5.75 Å². The molecule has 0 saturated heterocycles. The molecule has 0 heterocycles. The first-order chi connectivity index (χ1) is 8.60. The van der Waals surface area contributed by atoms with E-state index in [1.54, 1.807) is 7.05 Å². The summed E-state index contributed by atoms with van der Waals surface area (Å²) in [7, 11) is 2.96. The van der Waals surface area contributed by atoms with Crippen LogP contribution in [0.15, 0.2) is 18.2 Å². The van der Waals surface area contributed by atoms with Crippen molar-refractivity contribution >= 4 is 11.7 Å². The lowest BCUT2D eigenvalue weighted by Crippen LogP contribution is -2.16. The summed E-state index contributed by atoms with van der Waals surface area (Å²) >= 11 is 0. The Morgan fingerprint density at radius 2 is 2.22 bits per heavy atom. The van der Waals surface area contributed by atoms with Crippen LogP contribution in [0.25, 0.3) is 0 Å². The van der Waals surface area contributed by atoms with Crippen molar-refractivity contribution in [3.05, 3.63) is 33.9 Å². The van der Waals surface area contributed by atoms with E-state index in [0.717, 1.165) is 6.07 Å². The van der Waals surface area contributed by atoms with E-state index in [0.29, 0.717) is 13.2 Å². The molecule has 7 heteroatoms. The van der Waals surface area contributed by atoms with Gasteiger partial charge in [-0.2, -0.15) is 0 Å². The average molecular weight is 254 g/mol. The molecule has 0 bridgehead atoms. The lowest BCUT2D eigenvalue weighted by molar-refractivity contribution is -0.385. The van der Waals surface area contributed by atoms with Gasteiger partial charge in [-0.3, -0.25) is 10.1 Å². The molecule has 0 amide bonds. The SMILES string of the molecule is CNCCOc1ccc(C(=O)OC)cc1[N+](=O)[O-]. The average Bonchev–Trinajstić information content (AvgIpc) is 2.38. The van der Waals surface area contributed by atoms with Gasteiger partial charge in [-0.25, -0.2) is 4.79 Å². The van der Waals surface area contributed by atoms with E-state index in [4.69, 9.17) is 4.74 Å². The van der Waals surface area contributed by atoms with Crippen LogP contribution < -0.4 is 10.1 Å². The van der Waals surface area contributed by atoms with Gasteiger partial charge in [0.25, 0.3) is 0 Å². The molecular formula is C11H14N2O5. The molecule has 0 fully saturated rings. The third-order valence-electron chi connectivity index (χ3n) is 2.19. The van der Waals surface area contributed by atoms with Crippen LogP contribution in [-0.2, 0) is 4.74 Å². The number of nitro benzene ring substituents is 1. The number of carbonyl (C=O) groups excluding carboxylic acids is 1. The molecule has 0 aromatic heterocycles. The van der Waals surface area contributed by atoms with Crippen molar-refractivity contribution in [2.45, 2.75) is 0 Å². The van der Waals surface area contributed by atoms with Gasteiger partial charge in [0.15, 0.2) is 5.75 Å². The van der Waals surface area contributed by atoms with Gasteiger partial charge in [-0.15, -0.1) is 0 Å². The molecule has 0 unspecified atom stereocenters. The van der Waals surface area contributed by atoms with Crippen molar-refractivity contribution in [3.63, 3.8) is 0 Å². The third-order valence-corrected chi connectivity index (χ3v) is 2.19. The Morgan fingerprint density at radius 1 is 1.50 bits per heavy atom. The highest BCUT2D eigenvalue weighted by Gasteiger charge is 2.18. The summed E-state index contributed by atoms with van der Waals surface area (Å²) in [5.41, 5.74) is -0.140. The Balaban J connectivity index is 2.97. The summed E-state index contributed by atoms with van der Waals surface area (Å²) in [6.07, 6.45) is 0. The lowest BCUT2D eigenvalue weighted by Gasteiger charge is -2.07. The van der Waals surface area contributed by atoms with Crippen molar-refractivity contribution in [1.29, 1.82) is 0 Å². The number of hydrogen-bond acceptors (Lipinski definition) is 6. The Bertz CT molecular complexity index is 447. The fourth-order valence-electron chi connectivity index (χ4n) is 1.29. The van der Waals surface area contributed by atoms with E-state index >= 15 is 0 Å². The number of nitrogens with zero attached hydrogens (tertiary/aromatic N) is 1. The number of nitro groups is 1. The van der Waals surface area contributed by atoms with Crippen molar-refractivity contribution in [2.75, 3.05) is 27.3 Å². The molecular weight excluding hydrogens is 240 g/mol. The van der Waals surface area contributed by atoms with E-state index in [9.17, 15) is 14.9 Å². The summed E-state index contributed by atoms with van der Waals surface area (Å²) in [5, 5.41) is 13.7. The second-order valence-electron chi connectivity index (χ2n) is 3.38. The molecule has 0 aliphatic carbocycles. The maximum absolute atomic E-state index is 11.3. The summed E-state index contributed by atoms with van der Waals surface area (Å²) in [6, 6.07) is 3.95. The number of methoxy groups -OCH3 is 1. The normalized spacial score (nSPS) is 9.89. The van der Waals surface area contributed by atoms with Crippen molar-refractivity contribution in [1.82, 2.24) is 5.32 Å². The summed E-state index contributed by atoms with van der Waals surface area (Å²) < 4.78 is 9.75. The van der Waals surface area contributed by atoms with Crippen molar-refractivity contribution < 1.29 is 19.2 Å². The molecule has 0 aliphatic rings. The zero-order valence-corrected chi connectivity index (χ0v) is 10.1. The Kier molecular flexibility index (Phi) is 5.06. The zero-order chi connectivity index (χ0) is 13.5. The molecule has 0 saturated carbocycles. The van der Waals surface area contributed by atoms with Gasteiger partial charge < -0.3 is 14.8 Å². The van der Waals surface area contributed by atoms with Gasteiger partial charge in [0.1, 0.15) is 6.61 Å². The van der Waals surface area contributed by atoms with Crippen molar-refractivity contribution in [2.24, 2.45) is 0 Å². The number of likely N-dealkylation sites (N-methyl/N-ethyl adjacent to an activating group) is 1. The van der Waals surface area contributed by atoms with Crippen LogP contribution in [0, 0.1) is 10.1 Å². The number of benzene rings is 1. The van der Waals surface area contributed by atoms with E-state index in [1.807, 2.05) is 0 Å². The fraction of sp³-hybridized carbons (Fsp3) is 0.364. The largest absolute Gasteiger partial charge is 0.485 e. The van der Waals surface area contributed by atoms with E-state index in [-0.39, 0.29) is 17.0 Å². The number of nitrogens with one attached hydrogen (secondary N) is 1. The molecule has 98 valence electrons. The van der Waals surface area contributed by atoms with Crippen LogP contribution >= 0.6 is 0 Å². The molecule has 1 aromatic rings. The predicted molar refractivity (Wildman–Crippen MR) is 63.9 cm³/mol. The van der Waals surface area contributed by atoms with Gasteiger partial charge in [0.2, 0.25) is 0 Å². The first-order valence-corrected chi connectivity index (χ1v) is 5.24. The van der Waals surface area contributed by atoms with Crippen molar-refractivity contribution in [3.8, 4) is 5.75 Å². The van der Waals surface area contributed by atoms with Crippen LogP contribution in [0.2, 0.25) is 0 Å². The molecule has 18 heavy (non-hydrogen) atoms. The fourth-order valence-corrected chi connectivity index (χ4v) is 1.29. The predicted octanol–water partition coefficient (Wildman–Crippen LogP) is 0.980. The maximum Gasteiger partial charge on any atom is 0.338 e. The number of carbonyl (C=O) groups is 1. The smallest absolute Gasteiger partial charge is 0.338 e. The Hall–Kier alpha value is -2.15. The Labute approximate surface area is 104 Å². The van der Waals surface area contributed by atoms with Crippen LogP contribution in [0.4, 0.5) is 5.69 Å². The highest BCUT2D eigenvalue weighted by Crippen LogP contribution is 2.28. The van der Waals surface area contributed by atoms with Crippen LogP contribution in [-0.4, -0.2) is 38.2 Å². The van der Waals surface area contributed by atoms with E-state index < -0.39 is 10.9 Å². The van der Waals surface area contributed by atoms with E-state index in [2.05, 4.69) is 10.1 Å². The van der Waals surface area contributed by atoms with Gasteiger partial charge in [0.05, 0.1) is 17.6 Å². The minimum Gasteiger partial charge on any atom is -0.485 e. The second-order valence-corrected chi connectivity index (χ2v) is 3.38. The second kappa shape index (κ2) is 6.55. The molecule has 0 spiro atoms. The van der Waals surface area contributed by atoms with Gasteiger partial charge in [-0.1, -0.05) is 0 Å². The minimum absolute atomic E-state index is 0.116. The highest BCUT2D eigenvalue weighted by molar-refractivity contribution is 5.90. The number of hydrogen-bond donors (Lipinski definition) is 1. The van der Waals surface area contributed by atoms with E-state index in [1.165, 1.54) is 19.2 Å². The highest BCUT2D eigenvalue weighted by atomic mass is 16.6. The summed E-state index contributed by atoms with van der Waals surface area (Å²) in [6.45, 7) is 0.866. The number of esters is 1. The van der Waals surface area contributed by atoms with Gasteiger partial charge >= 0.3 is 11.7 Å². The zero-order valence-electron chi connectivity index (χ0n) is 10.1. The molecule has 7 nitrogen and oxygen atoms in total. The number of ether oxygens (including phenoxy) is 2. The quantitative estimate of drug-likeness (QED) is 0.352. The first kappa shape index (κ1) is 13.9. The summed E-state index contributed by atoms with van der Waals surface area (Å²) in [5.74, 6) is -0.497. The van der Waals surface area contributed by atoms with Gasteiger partial charge in [0, 0.05) is 12.6 Å². The monoisotopic (exact) mass is 254 g/mol. The Morgan fingerprint density at radius 3 is 2.78 bits per heavy atom. The lowest BCUT2D eigenvalue weighted by atomic mass is 10.2. The third kappa shape index (κ3) is 3.42. The molecule has 0 atom stereocenters. The molecule has 1 N–H and O–H groups in total. The maximum atomic E-state index is 11.3. The molecule has 1 aromatic carbocycles. The standard InChI is InChI=1S/C11H14N2O5/c1-12-5-6-18-10-4-3-8(11(14)17-2)7-9(10)13(15)16/h3-4,7,12H,5-6H2,1-2H3. The first-order valence-electron chi connectivity index (χ1n) is 5.24.